The molecule has 2 heterocycles. The second-order valence-corrected chi connectivity index (χ2v) is 16.8. The van der Waals surface area contributed by atoms with Gasteiger partial charge in [0.1, 0.15) is 6.04 Å². The van der Waals surface area contributed by atoms with Crippen LogP contribution < -0.4 is 10.6 Å². The van der Waals surface area contributed by atoms with Gasteiger partial charge in [-0.2, -0.15) is 4.31 Å². The van der Waals surface area contributed by atoms with Crippen LogP contribution in [-0.4, -0.2) is 94.8 Å². The number of urea groups is 1. The van der Waals surface area contributed by atoms with Crippen molar-refractivity contribution in [2.45, 2.75) is 77.6 Å². The van der Waals surface area contributed by atoms with Crippen LogP contribution >= 0.6 is 22.9 Å². The van der Waals surface area contributed by atoms with Crippen molar-refractivity contribution in [3.05, 3.63) is 75.2 Å². The van der Waals surface area contributed by atoms with Gasteiger partial charge in [-0.05, 0) is 48.9 Å². The molecule has 4 amide bonds. The molecule has 1 aliphatic rings. The third kappa shape index (κ3) is 10.0. The summed E-state index contributed by atoms with van der Waals surface area (Å²) in [6.45, 7) is 11.6. The van der Waals surface area contributed by atoms with E-state index in [1.807, 2.05) is 70.3 Å². The summed E-state index contributed by atoms with van der Waals surface area (Å²) in [5.41, 5.74) is 1.90. The van der Waals surface area contributed by atoms with Gasteiger partial charge in [-0.3, -0.25) is 9.59 Å². The number of nitrogens with zero attached hydrogens (tertiary/aromatic N) is 4. The lowest BCUT2D eigenvalue weighted by atomic mass is 9.97. The summed E-state index contributed by atoms with van der Waals surface area (Å²) < 4.78 is 29.2. The van der Waals surface area contributed by atoms with Gasteiger partial charge < -0.3 is 25.5 Å². The highest BCUT2D eigenvalue weighted by atomic mass is 35.5. The monoisotopic (exact) mass is 746 g/mol. The number of nitrogens with one attached hydrogen (secondary N) is 2. The molecule has 0 saturated carbocycles. The molecule has 12 nitrogen and oxygen atoms in total. The topological polar surface area (TPSA) is 152 Å². The third-order valence-electron chi connectivity index (χ3n) is 8.32. The van der Waals surface area contributed by atoms with Crippen LogP contribution in [0.15, 0.2) is 58.8 Å². The highest BCUT2D eigenvalue weighted by Crippen LogP contribution is 2.28. The molecule has 0 radical (unpaired) electrons. The largest absolute Gasteiger partial charge is 0.390 e. The fraction of sp³-hybridized carbons (Fsp3) is 0.486. The number of aromatic nitrogens is 1. The highest BCUT2D eigenvalue weighted by Gasteiger charge is 2.40. The Hall–Kier alpha value is -3.56. The Balaban J connectivity index is 1.58. The SMILES string of the molecule is CC(=O)Nc1ccc(S(=O)(=O)N(CC(C)C)C[C@@H](O)[C@H](Cc2ccccc2)NC(=O)[C@H](C(C)C)N2CCN(Cc3csc(C)n3)C2=O)cc1Cl. The van der Waals surface area contributed by atoms with Crippen molar-refractivity contribution >= 4 is 56.5 Å². The summed E-state index contributed by atoms with van der Waals surface area (Å²) in [5, 5.41) is 20.2. The summed E-state index contributed by atoms with van der Waals surface area (Å²) in [6, 6.07) is 11.4. The number of carbonyl (C=O) groups excluding carboxylic acids is 3. The first-order valence-corrected chi connectivity index (χ1v) is 19.3. The number of anilines is 1. The molecule has 0 spiro atoms. The molecule has 2 aromatic carbocycles. The fourth-order valence-electron chi connectivity index (χ4n) is 6.02. The number of carbonyl (C=O) groups is 3. The summed E-state index contributed by atoms with van der Waals surface area (Å²) >= 11 is 7.85. The average Bonchev–Trinajstić information content (AvgIpc) is 3.61. The number of benzene rings is 2. The number of aliphatic hydroxyl groups is 1. The maximum Gasteiger partial charge on any atom is 0.321 e. The Morgan fingerprint density at radius 2 is 1.78 bits per heavy atom. The summed E-state index contributed by atoms with van der Waals surface area (Å²) in [6.07, 6.45) is -1.11. The number of sulfonamides is 1. The van der Waals surface area contributed by atoms with Crippen molar-refractivity contribution in [3.8, 4) is 0 Å². The van der Waals surface area contributed by atoms with Crippen molar-refractivity contribution in [1.29, 1.82) is 0 Å². The van der Waals surface area contributed by atoms with E-state index in [-0.39, 0.29) is 58.9 Å². The van der Waals surface area contributed by atoms with Gasteiger partial charge >= 0.3 is 6.03 Å². The van der Waals surface area contributed by atoms with Crippen molar-refractivity contribution in [3.63, 3.8) is 0 Å². The zero-order valence-corrected chi connectivity index (χ0v) is 31.7. The summed E-state index contributed by atoms with van der Waals surface area (Å²) in [5.74, 6) is -1.14. The van der Waals surface area contributed by atoms with Crippen LogP contribution in [0.25, 0.3) is 0 Å². The first-order chi connectivity index (χ1) is 23.6. The maximum atomic E-state index is 14.1. The van der Waals surface area contributed by atoms with E-state index in [0.717, 1.165) is 16.3 Å². The molecule has 15 heteroatoms. The number of thiazole rings is 1. The maximum absolute atomic E-state index is 14.1. The Bertz CT molecular complexity index is 1750. The minimum atomic E-state index is -4.17. The van der Waals surface area contributed by atoms with E-state index in [1.54, 1.807) is 9.80 Å². The van der Waals surface area contributed by atoms with E-state index in [1.165, 1.54) is 40.8 Å². The Kier molecular flexibility index (Phi) is 13.4. The van der Waals surface area contributed by atoms with Gasteiger partial charge in [0.05, 0.1) is 45.0 Å². The summed E-state index contributed by atoms with van der Waals surface area (Å²) in [4.78, 5) is 46.8. The van der Waals surface area contributed by atoms with Crippen molar-refractivity contribution in [1.82, 2.24) is 24.4 Å². The predicted molar refractivity (Wildman–Crippen MR) is 195 cm³/mol. The molecule has 272 valence electrons. The molecule has 1 saturated heterocycles. The first-order valence-electron chi connectivity index (χ1n) is 16.6. The Morgan fingerprint density at radius 3 is 2.36 bits per heavy atom. The van der Waals surface area contributed by atoms with Crippen LogP contribution in [0, 0.1) is 18.8 Å². The van der Waals surface area contributed by atoms with Crippen LogP contribution in [0.5, 0.6) is 0 Å². The van der Waals surface area contributed by atoms with Crippen LogP contribution in [0.3, 0.4) is 0 Å². The second kappa shape index (κ2) is 17.1. The smallest absolute Gasteiger partial charge is 0.321 e. The number of aliphatic hydroxyl groups excluding tert-OH is 1. The molecule has 3 N–H and O–H groups in total. The molecular weight excluding hydrogens is 700 g/mol. The van der Waals surface area contributed by atoms with E-state index in [4.69, 9.17) is 11.6 Å². The minimum absolute atomic E-state index is 0.0528. The minimum Gasteiger partial charge on any atom is -0.390 e. The van der Waals surface area contributed by atoms with E-state index >= 15 is 0 Å². The van der Waals surface area contributed by atoms with Gasteiger partial charge in [-0.15, -0.1) is 11.3 Å². The third-order valence-corrected chi connectivity index (χ3v) is 11.3. The molecule has 0 unspecified atom stereocenters. The van der Waals surface area contributed by atoms with Crippen LogP contribution in [0.2, 0.25) is 5.02 Å². The predicted octanol–water partition coefficient (Wildman–Crippen LogP) is 4.76. The zero-order chi connectivity index (χ0) is 36.7. The van der Waals surface area contributed by atoms with Gasteiger partial charge in [-0.25, -0.2) is 18.2 Å². The van der Waals surface area contributed by atoms with Gasteiger partial charge in [0, 0.05) is 38.5 Å². The van der Waals surface area contributed by atoms with E-state index < -0.39 is 34.1 Å². The molecule has 1 aromatic heterocycles. The quantitative estimate of drug-likeness (QED) is 0.191. The lowest BCUT2D eigenvalue weighted by Gasteiger charge is -2.34. The van der Waals surface area contributed by atoms with Crippen molar-refractivity contribution in [2.75, 3.05) is 31.5 Å². The molecule has 3 atom stereocenters. The van der Waals surface area contributed by atoms with E-state index in [9.17, 15) is 27.9 Å². The molecule has 4 rings (SSSR count). The van der Waals surface area contributed by atoms with Gasteiger partial charge in [0.2, 0.25) is 21.8 Å². The Labute approximate surface area is 303 Å². The van der Waals surface area contributed by atoms with Crippen LogP contribution in [-0.2, 0) is 32.6 Å². The number of hydrogen-bond donors (Lipinski definition) is 3. The highest BCUT2D eigenvalue weighted by molar-refractivity contribution is 7.89. The van der Waals surface area contributed by atoms with Crippen LogP contribution in [0.1, 0.15) is 50.9 Å². The Morgan fingerprint density at radius 1 is 1.08 bits per heavy atom. The molecule has 1 fully saturated rings. The molecule has 0 bridgehead atoms. The summed E-state index contributed by atoms with van der Waals surface area (Å²) in [7, 11) is -4.17. The van der Waals surface area contributed by atoms with E-state index in [2.05, 4.69) is 15.6 Å². The number of rotatable bonds is 16. The number of halogens is 1. The zero-order valence-electron chi connectivity index (χ0n) is 29.3. The number of hydrogen-bond acceptors (Lipinski definition) is 8. The fourth-order valence-corrected chi connectivity index (χ4v) is 8.56. The molecular formula is C35H47ClN6O6S2. The molecule has 0 aliphatic carbocycles. The normalized spacial score (nSPS) is 15.5. The van der Waals surface area contributed by atoms with Gasteiger partial charge in [-0.1, -0.05) is 69.6 Å². The number of amides is 4. The standard InChI is InChI=1S/C35H47ClN6O6S2/c1-22(2)18-41(50(47,48)28-12-13-30(29(36)17-28)37-24(5)43)20-32(44)31(16-26-10-8-7-9-11-26)39-34(45)33(23(3)4)42-15-14-40(35(42)46)19-27-21-49-25(6)38-27/h7-13,17,21-23,31-33,44H,14-16,18-20H2,1-6H3,(H,37,43)(H,39,45)/t31-,32+,33-/m0/s1. The molecule has 1 aliphatic heterocycles. The lowest BCUT2D eigenvalue weighted by molar-refractivity contribution is -0.128. The number of aryl methyl sites for hydroxylation is 1. The van der Waals surface area contributed by atoms with Gasteiger partial charge in [0.15, 0.2) is 0 Å². The molecule has 3 aromatic rings. The average molecular weight is 747 g/mol. The lowest BCUT2D eigenvalue weighted by Crippen LogP contribution is -2.57. The molecule has 50 heavy (non-hydrogen) atoms. The van der Waals surface area contributed by atoms with Crippen molar-refractivity contribution < 1.29 is 27.9 Å². The first kappa shape index (κ1) is 39.2. The van der Waals surface area contributed by atoms with Crippen LogP contribution in [0.4, 0.5) is 10.5 Å². The van der Waals surface area contributed by atoms with Crippen molar-refractivity contribution in [2.24, 2.45) is 11.8 Å². The van der Waals surface area contributed by atoms with E-state index in [0.29, 0.717) is 19.6 Å². The second-order valence-electron chi connectivity index (χ2n) is 13.4. The van der Waals surface area contributed by atoms with Gasteiger partial charge in [0.25, 0.3) is 0 Å².